The quantitative estimate of drug-likeness (QED) is 0.832. The number of anilines is 2. The Morgan fingerprint density at radius 2 is 1.83 bits per heavy atom. The van der Waals surface area contributed by atoms with Crippen LogP contribution in [0, 0.1) is 0 Å². The molecule has 0 aromatic heterocycles. The summed E-state index contributed by atoms with van der Waals surface area (Å²) in [5, 5.41) is 2.28. The van der Waals surface area contributed by atoms with Crippen LogP contribution in [-0.2, 0) is 11.0 Å². The number of hydrogen-bond acceptors (Lipinski definition) is 2. The van der Waals surface area contributed by atoms with Crippen LogP contribution in [0.3, 0.4) is 0 Å². The third kappa shape index (κ3) is 4.64. The molecular weight excluding hydrogens is 341 g/mol. The Balaban J connectivity index is 2.15. The molecule has 0 unspecified atom stereocenters. The molecule has 0 aliphatic rings. The molecule has 1 N–H and O–H groups in total. The average Bonchev–Trinajstić information content (AvgIpc) is 2.54. The van der Waals surface area contributed by atoms with E-state index in [9.17, 15) is 18.0 Å². The highest BCUT2D eigenvalue weighted by Gasteiger charge is 2.34. The van der Waals surface area contributed by atoms with Gasteiger partial charge in [0, 0.05) is 17.3 Å². The Morgan fingerprint density at radius 1 is 1.17 bits per heavy atom. The van der Waals surface area contributed by atoms with Crippen LogP contribution in [0.4, 0.5) is 24.5 Å². The fourth-order valence-electron chi connectivity index (χ4n) is 2.25. The minimum atomic E-state index is -4.60. The van der Waals surface area contributed by atoms with Crippen LogP contribution < -0.4 is 10.2 Å². The molecule has 2 aromatic carbocycles. The van der Waals surface area contributed by atoms with Crippen LogP contribution in [0.15, 0.2) is 48.5 Å². The van der Waals surface area contributed by atoms with E-state index in [2.05, 4.69) is 5.32 Å². The Bertz CT molecular complexity index is 705. The fraction of sp³-hybridized carbons (Fsp3) is 0.235. The number of hydrogen-bond donors (Lipinski definition) is 1. The molecule has 0 bridgehead atoms. The molecule has 0 aliphatic heterocycles. The minimum Gasteiger partial charge on any atom is -0.362 e. The van der Waals surface area contributed by atoms with Crippen LogP contribution in [0.2, 0.25) is 5.02 Å². The van der Waals surface area contributed by atoms with E-state index in [1.807, 2.05) is 37.3 Å². The number of alkyl halides is 3. The zero-order chi connectivity index (χ0) is 17.7. The van der Waals surface area contributed by atoms with Crippen molar-refractivity contribution in [2.75, 3.05) is 23.3 Å². The molecule has 2 rings (SSSR count). The van der Waals surface area contributed by atoms with E-state index in [4.69, 9.17) is 11.6 Å². The molecule has 7 heteroatoms. The van der Waals surface area contributed by atoms with Crippen LogP contribution in [-0.4, -0.2) is 19.0 Å². The van der Waals surface area contributed by atoms with Crippen molar-refractivity contribution in [3.05, 3.63) is 59.1 Å². The topological polar surface area (TPSA) is 32.3 Å². The number of benzene rings is 2. The second-order valence-corrected chi connectivity index (χ2v) is 5.52. The van der Waals surface area contributed by atoms with Crippen molar-refractivity contribution in [2.45, 2.75) is 13.1 Å². The number of amides is 1. The van der Waals surface area contributed by atoms with Crippen molar-refractivity contribution in [3.8, 4) is 0 Å². The summed E-state index contributed by atoms with van der Waals surface area (Å²) >= 11 is 5.63. The van der Waals surface area contributed by atoms with Crippen LogP contribution in [0.1, 0.15) is 12.5 Å². The lowest BCUT2D eigenvalue weighted by atomic mass is 10.1. The summed E-state index contributed by atoms with van der Waals surface area (Å²) in [6.07, 6.45) is -4.60. The number of halogens is 4. The maximum atomic E-state index is 13.1. The van der Waals surface area contributed by atoms with Crippen LogP contribution >= 0.6 is 11.6 Å². The number of rotatable bonds is 5. The number of para-hydroxylation sites is 1. The Hall–Kier alpha value is -2.21. The van der Waals surface area contributed by atoms with E-state index in [1.54, 1.807) is 4.90 Å². The SMILES string of the molecule is CCN(CC(=O)Nc1ccc(Cl)cc1C(F)(F)F)c1ccccc1. The fourth-order valence-corrected chi connectivity index (χ4v) is 2.42. The highest BCUT2D eigenvalue weighted by Crippen LogP contribution is 2.36. The molecule has 0 radical (unpaired) electrons. The van der Waals surface area contributed by atoms with E-state index in [1.165, 1.54) is 6.07 Å². The van der Waals surface area contributed by atoms with Crippen LogP contribution in [0.5, 0.6) is 0 Å². The van der Waals surface area contributed by atoms with Gasteiger partial charge in [0.25, 0.3) is 0 Å². The lowest BCUT2D eigenvalue weighted by Crippen LogP contribution is -2.33. The first-order chi connectivity index (χ1) is 11.3. The molecule has 2 aromatic rings. The largest absolute Gasteiger partial charge is 0.418 e. The van der Waals surface area contributed by atoms with Gasteiger partial charge in [-0.1, -0.05) is 29.8 Å². The van der Waals surface area contributed by atoms with Crippen molar-refractivity contribution in [1.29, 1.82) is 0 Å². The summed E-state index contributed by atoms with van der Waals surface area (Å²) in [5.41, 5.74) is -0.450. The molecule has 0 atom stereocenters. The smallest absolute Gasteiger partial charge is 0.362 e. The van der Waals surface area contributed by atoms with Gasteiger partial charge >= 0.3 is 6.18 Å². The predicted molar refractivity (Wildman–Crippen MR) is 89.4 cm³/mol. The molecule has 0 aliphatic carbocycles. The molecular formula is C17H16ClF3N2O. The van der Waals surface area contributed by atoms with Crippen molar-refractivity contribution < 1.29 is 18.0 Å². The number of likely N-dealkylation sites (N-methyl/N-ethyl adjacent to an activating group) is 1. The van der Waals surface area contributed by atoms with Gasteiger partial charge < -0.3 is 10.2 Å². The number of nitrogens with zero attached hydrogens (tertiary/aromatic N) is 1. The van der Waals surface area contributed by atoms with Gasteiger partial charge in [0.05, 0.1) is 17.8 Å². The zero-order valence-corrected chi connectivity index (χ0v) is 13.7. The third-order valence-corrected chi connectivity index (χ3v) is 3.63. The summed E-state index contributed by atoms with van der Waals surface area (Å²) in [7, 11) is 0. The number of nitrogens with one attached hydrogen (secondary N) is 1. The van der Waals surface area contributed by atoms with Crippen molar-refractivity contribution >= 4 is 28.9 Å². The Labute approximate surface area is 143 Å². The first-order valence-electron chi connectivity index (χ1n) is 7.28. The van der Waals surface area contributed by atoms with Gasteiger partial charge in [-0.2, -0.15) is 13.2 Å². The molecule has 3 nitrogen and oxygen atoms in total. The average molecular weight is 357 g/mol. The van der Waals surface area contributed by atoms with Crippen molar-refractivity contribution in [2.24, 2.45) is 0 Å². The highest BCUT2D eigenvalue weighted by molar-refractivity contribution is 6.30. The van der Waals surface area contributed by atoms with Gasteiger partial charge in [0.15, 0.2) is 0 Å². The van der Waals surface area contributed by atoms with E-state index in [-0.39, 0.29) is 17.3 Å². The summed E-state index contributed by atoms with van der Waals surface area (Å²) in [6, 6.07) is 12.4. The Morgan fingerprint density at radius 3 is 2.42 bits per heavy atom. The molecule has 24 heavy (non-hydrogen) atoms. The molecule has 0 saturated carbocycles. The zero-order valence-electron chi connectivity index (χ0n) is 12.9. The summed E-state index contributed by atoms with van der Waals surface area (Å²) < 4.78 is 39.2. The number of carbonyl (C=O) groups excluding carboxylic acids is 1. The maximum absolute atomic E-state index is 13.1. The predicted octanol–water partition coefficient (Wildman–Crippen LogP) is 4.82. The van der Waals surface area contributed by atoms with E-state index in [0.717, 1.165) is 17.8 Å². The molecule has 0 fully saturated rings. The van der Waals surface area contributed by atoms with Gasteiger partial charge in [-0.05, 0) is 37.3 Å². The van der Waals surface area contributed by atoms with Crippen molar-refractivity contribution in [3.63, 3.8) is 0 Å². The van der Waals surface area contributed by atoms with Crippen molar-refractivity contribution in [1.82, 2.24) is 0 Å². The highest BCUT2D eigenvalue weighted by atomic mass is 35.5. The lowest BCUT2D eigenvalue weighted by molar-refractivity contribution is -0.137. The van der Waals surface area contributed by atoms with Gasteiger partial charge in [-0.15, -0.1) is 0 Å². The molecule has 0 saturated heterocycles. The van der Waals surface area contributed by atoms with Gasteiger partial charge in [0.2, 0.25) is 5.91 Å². The second kappa shape index (κ2) is 7.57. The molecule has 128 valence electrons. The first-order valence-corrected chi connectivity index (χ1v) is 7.65. The summed E-state index contributed by atoms with van der Waals surface area (Å²) in [6.45, 7) is 2.36. The molecule has 1 amide bonds. The maximum Gasteiger partial charge on any atom is 0.418 e. The minimum absolute atomic E-state index is 0.0419. The standard InChI is InChI=1S/C17H16ClF3N2O/c1-2-23(13-6-4-3-5-7-13)11-16(24)22-15-9-8-12(18)10-14(15)17(19,20)21/h3-10H,2,11H2,1H3,(H,22,24). The number of carbonyl (C=O) groups is 1. The third-order valence-electron chi connectivity index (χ3n) is 3.40. The Kier molecular flexibility index (Phi) is 5.72. The first kappa shape index (κ1) is 18.1. The van der Waals surface area contributed by atoms with Gasteiger partial charge in [-0.3, -0.25) is 4.79 Å². The van der Waals surface area contributed by atoms with E-state index >= 15 is 0 Å². The molecule has 0 heterocycles. The molecule has 0 spiro atoms. The summed E-state index contributed by atoms with van der Waals surface area (Å²) in [4.78, 5) is 13.9. The van der Waals surface area contributed by atoms with E-state index < -0.39 is 17.6 Å². The van der Waals surface area contributed by atoms with Gasteiger partial charge in [-0.25, -0.2) is 0 Å². The van der Waals surface area contributed by atoms with Gasteiger partial charge in [0.1, 0.15) is 0 Å². The van der Waals surface area contributed by atoms with Crippen LogP contribution in [0.25, 0.3) is 0 Å². The second-order valence-electron chi connectivity index (χ2n) is 5.09. The van der Waals surface area contributed by atoms with E-state index in [0.29, 0.717) is 6.54 Å². The monoisotopic (exact) mass is 356 g/mol. The summed E-state index contributed by atoms with van der Waals surface area (Å²) in [5.74, 6) is -0.534. The lowest BCUT2D eigenvalue weighted by Gasteiger charge is -2.23. The normalized spacial score (nSPS) is 11.2.